The molecule has 150 valence electrons. The molecule has 0 aliphatic carbocycles. The monoisotopic (exact) mass is 444 g/mol. The number of para-hydroxylation sites is 2. The van der Waals surface area contributed by atoms with Crippen molar-refractivity contribution in [3.63, 3.8) is 0 Å². The molecule has 2 spiro atoms. The number of hydrogen-bond donors (Lipinski definition) is 0. The lowest BCUT2D eigenvalue weighted by atomic mass is 9.91. The maximum absolute atomic E-state index is 13.8. The predicted octanol–water partition coefficient (Wildman–Crippen LogP) is 5.62. The van der Waals surface area contributed by atoms with E-state index in [0.717, 1.165) is 0 Å². The van der Waals surface area contributed by atoms with Gasteiger partial charge in [0.1, 0.15) is 22.7 Å². The molecule has 3 heterocycles. The molecule has 2 aromatic carbocycles. The van der Waals surface area contributed by atoms with Gasteiger partial charge in [0.2, 0.25) is 0 Å². The second-order valence-corrected chi connectivity index (χ2v) is 12.9. The van der Waals surface area contributed by atoms with Crippen molar-refractivity contribution in [1.82, 2.24) is 0 Å². The van der Waals surface area contributed by atoms with Crippen LogP contribution in [0.3, 0.4) is 0 Å². The lowest BCUT2D eigenvalue weighted by molar-refractivity contribution is 0.0552. The van der Waals surface area contributed by atoms with Crippen LogP contribution in [-0.4, -0.2) is 30.9 Å². The minimum atomic E-state index is -0.964. The first-order chi connectivity index (χ1) is 13.6. The average molecular weight is 445 g/mol. The Morgan fingerprint density at radius 1 is 0.655 bits per heavy atom. The third-order valence-corrected chi connectivity index (χ3v) is 13.0. The van der Waals surface area contributed by atoms with E-state index in [1.54, 1.807) is 12.1 Å². The molecule has 29 heavy (non-hydrogen) atoms. The zero-order valence-electron chi connectivity index (χ0n) is 16.5. The zero-order chi connectivity index (χ0) is 20.7. The van der Waals surface area contributed by atoms with Gasteiger partial charge in [-0.2, -0.15) is 0 Å². The van der Waals surface area contributed by atoms with Crippen molar-refractivity contribution in [2.24, 2.45) is 0 Å². The van der Waals surface area contributed by atoms with Gasteiger partial charge in [-0.15, -0.1) is 0 Å². The summed E-state index contributed by atoms with van der Waals surface area (Å²) in [7, 11) is 2.87. The summed E-state index contributed by atoms with van der Waals surface area (Å²) in [4.78, 5) is 27.5. The van der Waals surface area contributed by atoms with Gasteiger partial charge in [0, 0.05) is 0 Å². The van der Waals surface area contributed by atoms with E-state index in [1.807, 2.05) is 64.1 Å². The van der Waals surface area contributed by atoms with Gasteiger partial charge in [-0.05, 0) is 52.0 Å². The van der Waals surface area contributed by atoms with Gasteiger partial charge in [-0.3, -0.25) is 9.59 Å². The van der Waals surface area contributed by atoms with Gasteiger partial charge in [-0.1, -0.05) is 57.6 Å². The van der Waals surface area contributed by atoms with Gasteiger partial charge in [0.05, 0.1) is 11.1 Å². The summed E-state index contributed by atoms with van der Waals surface area (Å²) in [5, 5.41) is 0. The Kier molecular flexibility index (Phi) is 4.00. The minimum Gasteiger partial charge on any atom is -0.484 e. The molecule has 5 rings (SSSR count). The molecule has 7 heteroatoms. The topological polar surface area (TPSA) is 52.6 Å². The maximum atomic E-state index is 13.8. The van der Waals surface area contributed by atoms with Crippen LogP contribution < -0.4 is 9.47 Å². The Bertz CT molecular complexity index is 980. The first-order valence-corrected chi connectivity index (χ1v) is 12.3. The fourth-order valence-corrected chi connectivity index (χ4v) is 11.3. The Morgan fingerprint density at radius 3 is 1.45 bits per heavy atom. The number of carbonyl (C=O) groups is 2. The van der Waals surface area contributed by atoms with Crippen molar-refractivity contribution >= 4 is 44.9 Å². The molecule has 0 unspecified atom stereocenters. The quantitative estimate of drug-likeness (QED) is 0.489. The van der Waals surface area contributed by atoms with E-state index in [9.17, 15) is 9.59 Å². The summed E-state index contributed by atoms with van der Waals surface area (Å²) in [5.74, 6) is 1.17. The largest absolute Gasteiger partial charge is 0.484 e. The van der Waals surface area contributed by atoms with Crippen molar-refractivity contribution in [2.75, 3.05) is 0 Å². The molecule has 1 fully saturated rings. The van der Waals surface area contributed by atoms with Crippen LogP contribution in [0.25, 0.3) is 0 Å². The van der Waals surface area contributed by atoms with Crippen molar-refractivity contribution in [1.29, 1.82) is 0 Å². The minimum absolute atomic E-state index is 0.00816. The Hall–Kier alpha value is -1.57. The molecular weight excluding hydrogens is 424 g/mol. The molecule has 0 bridgehead atoms. The second-order valence-electron chi connectivity index (χ2n) is 8.38. The van der Waals surface area contributed by atoms with Gasteiger partial charge >= 0.3 is 0 Å². The van der Waals surface area contributed by atoms with E-state index in [0.29, 0.717) is 22.6 Å². The van der Waals surface area contributed by atoms with Crippen LogP contribution in [0, 0.1) is 0 Å². The summed E-state index contributed by atoms with van der Waals surface area (Å²) >= 11 is 1.39. The SMILES string of the molecule is CC1(C)Oc2ccccc2C(=O)[C@@]12SS[C@]1(S2)C(=O)c2ccccc2OC1(C)C. The number of rotatable bonds is 0. The number of ether oxygens (including phenoxy) is 2. The van der Waals surface area contributed by atoms with E-state index in [1.165, 1.54) is 33.3 Å². The molecule has 2 aromatic rings. The molecule has 3 aliphatic rings. The fourth-order valence-electron chi connectivity index (χ4n) is 4.04. The van der Waals surface area contributed by atoms with Gasteiger partial charge in [0.25, 0.3) is 0 Å². The Labute approximate surface area is 181 Å². The van der Waals surface area contributed by atoms with E-state index >= 15 is 0 Å². The van der Waals surface area contributed by atoms with Crippen molar-refractivity contribution in [3.8, 4) is 11.5 Å². The maximum Gasteiger partial charge on any atom is 0.197 e. The number of carbonyl (C=O) groups excluding carboxylic acids is 2. The van der Waals surface area contributed by atoms with E-state index in [-0.39, 0.29) is 11.6 Å². The molecule has 1 saturated heterocycles. The molecule has 0 N–H and O–H groups in total. The zero-order valence-corrected chi connectivity index (χ0v) is 18.9. The highest BCUT2D eigenvalue weighted by molar-refractivity contribution is 8.84. The van der Waals surface area contributed by atoms with Crippen LogP contribution in [0.2, 0.25) is 0 Å². The lowest BCUT2D eigenvalue weighted by Gasteiger charge is -2.48. The molecule has 2 atom stereocenters. The summed E-state index contributed by atoms with van der Waals surface area (Å²) in [5.41, 5.74) is -0.492. The molecule has 0 saturated carbocycles. The highest BCUT2D eigenvalue weighted by Crippen LogP contribution is 2.74. The molecule has 0 amide bonds. The third-order valence-electron chi connectivity index (χ3n) is 5.74. The van der Waals surface area contributed by atoms with E-state index in [2.05, 4.69) is 0 Å². The summed E-state index contributed by atoms with van der Waals surface area (Å²) in [6, 6.07) is 14.7. The van der Waals surface area contributed by atoms with Gasteiger partial charge < -0.3 is 9.47 Å². The second kappa shape index (κ2) is 5.99. The first kappa shape index (κ1) is 19.4. The summed E-state index contributed by atoms with van der Waals surface area (Å²) in [6.45, 7) is 7.70. The number of thioether (sulfide) groups is 1. The van der Waals surface area contributed by atoms with Gasteiger partial charge in [-0.25, -0.2) is 0 Å². The molecule has 0 aromatic heterocycles. The molecule has 4 nitrogen and oxygen atoms in total. The van der Waals surface area contributed by atoms with Crippen LogP contribution in [0.15, 0.2) is 48.5 Å². The fraction of sp³-hybridized carbons (Fsp3) is 0.364. The van der Waals surface area contributed by atoms with Gasteiger partial charge in [0.15, 0.2) is 19.7 Å². The number of hydrogen-bond acceptors (Lipinski definition) is 7. The van der Waals surface area contributed by atoms with Crippen molar-refractivity contribution < 1.29 is 19.1 Å². The van der Waals surface area contributed by atoms with Crippen LogP contribution in [0.5, 0.6) is 11.5 Å². The third kappa shape index (κ3) is 2.38. The molecule has 0 radical (unpaired) electrons. The predicted molar refractivity (Wildman–Crippen MR) is 119 cm³/mol. The smallest absolute Gasteiger partial charge is 0.197 e. The van der Waals surface area contributed by atoms with Crippen LogP contribution in [-0.2, 0) is 0 Å². The van der Waals surface area contributed by atoms with E-state index in [4.69, 9.17) is 9.47 Å². The number of fused-ring (bicyclic) bond motifs is 2. The lowest BCUT2D eigenvalue weighted by Crippen LogP contribution is -2.61. The van der Waals surface area contributed by atoms with Crippen LogP contribution in [0.1, 0.15) is 48.4 Å². The van der Waals surface area contributed by atoms with Crippen LogP contribution >= 0.6 is 33.3 Å². The van der Waals surface area contributed by atoms with Crippen molar-refractivity contribution in [3.05, 3.63) is 59.7 Å². The average Bonchev–Trinajstić information content (AvgIpc) is 3.10. The molecule has 3 aliphatic heterocycles. The summed E-state index contributed by atoms with van der Waals surface area (Å²) in [6.07, 6.45) is 0. The first-order valence-electron chi connectivity index (χ1n) is 9.36. The van der Waals surface area contributed by atoms with Crippen molar-refractivity contribution in [2.45, 2.75) is 47.1 Å². The highest BCUT2D eigenvalue weighted by atomic mass is 33.1. The number of ketones is 2. The number of Topliss-reactive ketones (excluding diaryl/α,β-unsaturated/α-hetero) is 2. The Balaban J connectivity index is 1.65. The van der Waals surface area contributed by atoms with Crippen LogP contribution in [0.4, 0.5) is 0 Å². The Morgan fingerprint density at radius 2 is 1.03 bits per heavy atom. The summed E-state index contributed by atoms with van der Waals surface area (Å²) < 4.78 is 10.7. The van der Waals surface area contributed by atoms with E-state index < -0.39 is 19.4 Å². The normalized spacial score (nSPS) is 31.2. The standard InChI is InChI=1S/C22H20O4S3/c1-19(2)21(17(23)13-9-5-7-11-15(13)25-19)27-22(29-28-21)18(24)14-10-6-8-12-16(14)26-20(22,3)4/h5-12H,1-4H3/t21-,22-/m1/s1. The number of benzene rings is 2. The highest BCUT2D eigenvalue weighted by Gasteiger charge is 2.73. The molecular formula is C22H20O4S3.